The van der Waals surface area contributed by atoms with Crippen LogP contribution in [0.25, 0.3) is 49.9 Å². The molecular weight excluding hydrogens is 764 g/mol. The first-order chi connectivity index (χ1) is 30.1. The van der Waals surface area contributed by atoms with E-state index < -0.39 is 0 Å². The van der Waals surface area contributed by atoms with Gasteiger partial charge in [0.15, 0.2) is 0 Å². The van der Waals surface area contributed by atoms with Crippen LogP contribution < -0.4 is 14.5 Å². The normalized spacial score (nSPS) is 12.6. The highest BCUT2D eigenvalue weighted by atomic mass is 19.1. The second kappa shape index (κ2) is 15.7. The fourth-order valence-corrected chi connectivity index (χ4v) is 9.22. The molecule has 0 atom stereocenters. The highest BCUT2D eigenvalue weighted by molar-refractivity contribution is 6.09. The average Bonchev–Trinajstić information content (AvgIpc) is 3.82. The van der Waals surface area contributed by atoms with Crippen LogP contribution in [-0.2, 0) is 0 Å². The Balaban J connectivity index is 1.10. The van der Waals surface area contributed by atoms with Crippen molar-refractivity contribution < 1.29 is 9.13 Å². The molecule has 6 heteroatoms. The van der Waals surface area contributed by atoms with E-state index in [-0.39, 0.29) is 17.7 Å². The van der Waals surface area contributed by atoms with Gasteiger partial charge in [0.05, 0.1) is 22.4 Å². The van der Waals surface area contributed by atoms with Crippen LogP contribution in [0.5, 0.6) is 11.5 Å². The fourth-order valence-electron chi connectivity index (χ4n) is 9.22. The molecule has 3 heterocycles. The Morgan fingerprint density at radius 1 is 0.565 bits per heavy atom. The van der Waals surface area contributed by atoms with E-state index in [0.717, 1.165) is 78.6 Å². The van der Waals surface area contributed by atoms with E-state index in [0.29, 0.717) is 6.67 Å². The minimum atomic E-state index is -0.229. The predicted molar refractivity (Wildman–Crippen MR) is 256 cm³/mol. The van der Waals surface area contributed by atoms with Gasteiger partial charge in [0, 0.05) is 40.5 Å². The van der Waals surface area contributed by atoms with Crippen LogP contribution in [0, 0.1) is 19.7 Å². The highest BCUT2D eigenvalue weighted by Crippen LogP contribution is 2.50. The lowest BCUT2D eigenvalue weighted by molar-refractivity contribution is 0.483. The Bertz CT molecular complexity index is 3130. The van der Waals surface area contributed by atoms with Gasteiger partial charge in [-0.1, -0.05) is 94.4 Å². The zero-order valence-corrected chi connectivity index (χ0v) is 36.0. The SMILES string of the molecule is Cc1ccnc(-n2c3ccccc3c3ccc(Oc4cc(-c5ccccc5C)cc(N5CN(c6c(C(C)C)cc(-c7cccc(F)c7)cc6C(C)C)c6ccccc65)c4)cc32)c1. The molecule has 0 fully saturated rings. The third-order valence-electron chi connectivity index (χ3n) is 12.3. The van der Waals surface area contributed by atoms with Crippen LogP contribution in [0.3, 0.4) is 0 Å². The van der Waals surface area contributed by atoms with Crippen molar-refractivity contribution in [3.8, 4) is 39.6 Å². The van der Waals surface area contributed by atoms with Crippen LogP contribution in [0.1, 0.15) is 61.8 Å². The molecule has 0 bridgehead atoms. The molecular formula is C56H49FN4O. The van der Waals surface area contributed by atoms with E-state index in [1.807, 2.05) is 18.3 Å². The summed E-state index contributed by atoms with van der Waals surface area (Å²) in [7, 11) is 0. The number of hydrogen-bond acceptors (Lipinski definition) is 4. The molecule has 2 aromatic heterocycles. The summed E-state index contributed by atoms with van der Waals surface area (Å²) in [6, 6.07) is 54.3. The number of benzene rings is 7. The van der Waals surface area contributed by atoms with Gasteiger partial charge in [0.25, 0.3) is 0 Å². The number of halogens is 1. The lowest BCUT2D eigenvalue weighted by Gasteiger charge is -2.30. The largest absolute Gasteiger partial charge is 0.457 e. The zero-order valence-electron chi connectivity index (χ0n) is 36.0. The van der Waals surface area contributed by atoms with Crippen molar-refractivity contribution in [2.75, 3.05) is 16.5 Å². The Hall–Kier alpha value is -7.18. The van der Waals surface area contributed by atoms with Crippen LogP contribution >= 0.6 is 0 Å². The number of aromatic nitrogens is 2. The summed E-state index contributed by atoms with van der Waals surface area (Å²) in [6.45, 7) is 13.9. The minimum absolute atomic E-state index is 0.222. The second-order valence-corrected chi connectivity index (χ2v) is 17.2. The van der Waals surface area contributed by atoms with Crippen molar-refractivity contribution in [2.45, 2.75) is 53.4 Å². The summed E-state index contributed by atoms with van der Waals surface area (Å²) in [5.41, 5.74) is 15.6. The third kappa shape index (κ3) is 6.95. The van der Waals surface area contributed by atoms with E-state index in [1.165, 1.54) is 33.8 Å². The van der Waals surface area contributed by atoms with E-state index in [4.69, 9.17) is 9.72 Å². The predicted octanol–water partition coefficient (Wildman–Crippen LogP) is 15.6. The highest BCUT2D eigenvalue weighted by Gasteiger charge is 2.32. The second-order valence-electron chi connectivity index (χ2n) is 17.2. The number of para-hydroxylation sites is 3. The smallest absolute Gasteiger partial charge is 0.137 e. The monoisotopic (exact) mass is 812 g/mol. The molecule has 1 aliphatic rings. The van der Waals surface area contributed by atoms with Crippen molar-refractivity contribution >= 4 is 44.6 Å². The average molecular weight is 813 g/mol. The van der Waals surface area contributed by atoms with Gasteiger partial charge in [-0.2, -0.15) is 0 Å². The Labute approximate surface area is 363 Å². The Kier molecular flexibility index (Phi) is 9.87. The molecule has 0 saturated carbocycles. The maximum Gasteiger partial charge on any atom is 0.137 e. The van der Waals surface area contributed by atoms with Gasteiger partial charge in [-0.15, -0.1) is 0 Å². The Morgan fingerprint density at radius 3 is 2.02 bits per heavy atom. The molecule has 9 aromatic rings. The first kappa shape index (κ1) is 39.0. The third-order valence-corrected chi connectivity index (χ3v) is 12.3. The van der Waals surface area contributed by atoms with E-state index in [2.05, 4.69) is 183 Å². The number of nitrogens with zero attached hydrogens (tertiary/aromatic N) is 4. The minimum Gasteiger partial charge on any atom is -0.457 e. The molecule has 62 heavy (non-hydrogen) atoms. The van der Waals surface area contributed by atoms with Crippen LogP contribution in [0.15, 0.2) is 164 Å². The van der Waals surface area contributed by atoms with E-state index in [9.17, 15) is 4.39 Å². The first-order valence-corrected chi connectivity index (χ1v) is 21.5. The molecule has 0 unspecified atom stereocenters. The summed E-state index contributed by atoms with van der Waals surface area (Å²) in [5.74, 6) is 2.58. The Morgan fingerprint density at radius 2 is 1.27 bits per heavy atom. The van der Waals surface area contributed by atoms with Crippen molar-refractivity contribution in [1.29, 1.82) is 0 Å². The van der Waals surface area contributed by atoms with Gasteiger partial charge in [-0.3, -0.25) is 4.57 Å². The molecule has 5 nitrogen and oxygen atoms in total. The number of rotatable bonds is 9. The number of hydrogen-bond donors (Lipinski definition) is 0. The van der Waals surface area contributed by atoms with E-state index >= 15 is 0 Å². The molecule has 10 rings (SSSR count). The molecule has 0 saturated heterocycles. The molecule has 0 spiro atoms. The summed E-state index contributed by atoms with van der Waals surface area (Å²) in [4.78, 5) is 9.68. The summed E-state index contributed by atoms with van der Waals surface area (Å²) in [6.07, 6.45) is 1.87. The number of anilines is 4. The van der Waals surface area contributed by atoms with Gasteiger partial charge in [-0.25, -0.2) is 9.37 Å². The summed E-state index contributed by atoms with van der Waals surface area (Å²) < 4.78 is 23.7. The zero-order chi connectivity index (χ0) is 42.6. The molecule has 0 aliphatic carbocycles. The summed E-state index contributed by atoms with van der Waals surface area (Å²) >= 11 is 0. The van der Waals surface area contributed by atoms with Crippen molar-refractivity contribution in [1.82, 2.24) is 9.55 Å². The maximum atomic E-state index is 14.5. The van der Waals surface area contributed by atoms with Crippen LogP contribution in [0.2, 0.25) is 0 Å². The lowest BCUT2D eigenvalue weighted by atomic mass is 9.87. The number of pyridine rings is 1. The number of aryl methyl sites for hydroxylation is 2. The fraction of sp³-hybridized carbons (Fsp3) is 0.161. The van der Waals surface area contributed by atoms with Crippen molar-refractivity contribution in [2.24, 2.45) is 0 Å². The van der Waals surface area contributed by atoms with Gasteiger partial charge in [0.1, 0.15) is 29.8 Å². The van der Waals surface area contributed by atoms with Crippen molar-refractivity contribution in [3.05, 3.63) is 192 Å². The van der Waals surface area contributed by atoms with Gasteiger partial charge in [-0.05, 0) is 149 Å². The van der Waals surface area contributed by atoms with Crippen molar-refractivity contribution in [3.63, 3.8) is 0 Å². The van der Waals surface area contributed by atoms with Crippen LogP contribution in [-0.4, -0.2) is 16.2 Å². The molecule has 7 aromatic carbocycles. The number of ether oxygens (including phenoxy) is 1. The summed E-state index contributed by atoms with van der Waals surface area (Å²) in [5, 5.41) is 2.31. The topological polar surface area (TPSA) is 33.5 Å². The number of fused-ring (bicyclic) bond motifs is 4. The molecule has 0 radical (unpaired) electrons. The maximum absolute atomic E-state index is 14.5. The van der Waals surface area contributed by atoms with Gasteiger partial charge in [0.2, 0.25) is 0 Å². The van der Waals surface area contributed by atoms with Gasteiger partial charge >= 0.3 is 0 Å². The van der Waals surface area contributed by atoms with Crippen LogP contribution in [0.4, 0.5) is 27.1 Å². The first-order valence-electron chi connectivity index (χ1n) is 21.5. The van der Waals surface area contributed by atoms with Gasteiger partial charge < -0.3 is 14.5 Å². The van der Waals surface area contributed by atoms with E-state index in [1.54, 1.807) is 12.1 Å². The standard InChI is InChI=1S/C56H49FN4O/c1-35(2)49-30-40(39-15-13-16-42(57)27-39)31-50(36(3)4)56(49)60-34-59(52-20-11-12-21-53(52)60)43-28-41(46-17-8-7-14-38(46)6)29-45(32-43)62-44-22-23-48-47-18-9-10-19-51(47)61(54(48)33-44)55-26-37(5)24-25-58-55/h7-33,35-36H,34H2,1-6H3. The molecule has 0 amide bonds. The quantitative estimate of drug-likeness (QED) is 0.145. The molecule has 0 N–H and O–H groups in total. The lowest BCUT2D eigenvalue weighted by Crippen LogP contribution is -2.26. The molecule has 306 valence electrons. The molecule has 1 aliphatic heterocycles.